The molecule has 0 atom stereocenters. The van der Waals surface area contributed by atoms with E-state index < -0.39 is 10.0 Å². The molecule has 1 aromatic rings. The van der Waals surface area contributed by atoms with Crippen molar-refractivity contribution in [2.24, 2.45) is 0 Å². The van der Waals surface area contributed by atoms with E-state index in [9.17, 15) is 13.2 Å². The third-order valence-electron chi connectivity index (χ3n) is 3.76. The Morgan fingerprint density at radius 3 is 2.29 bits per heavy atom. The van der Waals surface area contributed by atoms with Gasteiger partial charge in [-0.1, -0.05) is 30.3 Å². The number of carbonyl (C=O) groups excluding carboxylic acids is 1. The minimum atomic E-state index is -3.13. The Morgan fingerprint density at radius 1 is 1.10 bits per heavy atom. The molecule has 0 radical (unpaired) electrons. The van der Waals surface area contributed by atoms with Crippen molar-refractivity contribution in [3.8, 4) is 0 Å². The molecule has 5 nitrogen and oxygen atoms in total. The zero-order valence-electron chi connectivity index (χ0n) is 12.4. The molecule has 0 bridgehead atoms. The molecule has 1 amide bonds. The minimum absolute atomic E-state index is 0.124. The number of sulfonamides is 1. The Balaban J connectivity index is 1.73. The van der Waals surface area contributed by atoms with E-state index in [1.54, 1.807) is 4.90 Å². The first-order valence-electron chi connectivity index (χ1n) is 7.23. The molecule has 116 valence electrons. The summed E-state index contributed by atoms with van der Waals surface area (Å²) in [6, 6.07) is 10.1. The first kappa shape index (κ1) is 16.0. The first-order valence-corrected chi connectivity index (χ1v) is 9.08. The summed E-state index contributed by atoms with van der Waals surface area (Å²) in [5, 5.41) is 0. The highest BCUT2D eigenvalue weighted by Crippen LogP contribution is 2.10. The predicted molar refractivity (Wildman–Crippen MR) is 82.4 cm³/mol. The molecule has 1 saturated heterocycles. The molecule has 1 aliphatic heterocycles. The van der Waals surface area contributed by atoms with E-state index in [0.717, 1.165) is 12.8 Å². The molecule has 0 aromatic heterocycles. The largest absolute Gasteiger partial charge is 0.340 e. The van der Waals surface area contributed by atoms with Crippen LogP contribution in [-0.4, -0.2) is 56.0 Å². The molecule has 0 spiro atoms. The SMILES string of the molecule is CS(=O)(=O)N1CCN(C(=O)CCCc2ccccc2)CC1. The lowest BCUT2D eigenvalue weighted by atomic mass is 10.1. The van der Waals surface area contributed by atoms with E-state index >= 15 is 0 Å². The summed E-state index contributed by atoms with van der Waals surface area (Å²) in [6.45, 7) is 1.81. The van der Waals surface area contributed by atoms with Crippen LogP contribution in [0.15, 0.2) is 30.3 Å². The lowest BCUT2D eigenvalue weighted by Gasteiger charge is -2.33. The third kappa shape index (κ3) is 4.82. The summed E-state index contributed by atoms with van der Waals surface area (Å²) < 4.78 is 24.3. The van der Waals surface area contributed by atoms with E-state index in [4.69, 9.17) is 0 Å². The maximum atomic E-state index is 12.1. The highest BCUT2D eigenvalue weighted by atomic mass is 32.2. The molecule has 6 heteroatoms. The van der Waals surface area contributed by atoms with Gasteiger partial charge in [0.15, 0.2) is 0 Å². The fourth-order valence-electron chi connectivity index (χ4n) is 2.52. The highest BCUT2D eigenvalue weighted by Gasteiger charge is 2.25. The molecule has 1 aromatic carbocycles. The summed E-state index contributed by atoms with van der Waals surface area (Å²) in [4.78, 5) is 13.9. The fourth-order valence-corrected chi connectivity index (χ4v) is 3.34. The zero-order valence-corrected chi connectivity index (χ0v) is 13.2. The van der Waals surface area contributed by atoms with Gasteiger partial charge in [0.05, 0.1) is 6.26 Å². The van der Waals surface area contributed by atoms with Gasteiger partial charge in [-0.15, -0.1) is 0 Å². The number of carbonyl (C=O) groups is 1. The van der Waals surface area contributed by atoms with Crippen LogP contribution in [0, 0.1) is 0 Å². The molecule has 2 rings (SSSR count). The molecule has 0 unspecified atom stereocenters. The number of amides is 1. The van der Waals surface area contributed by atoms with Gasteiger partial charge in [-0.05, 0) is 18.4 Å². The van der Waals surface area contributed by atoms with Gasteiger partial charge < -0.3 is 4.90 Å². The quantitative estimate of drug-likeness (QED) is 0.819. The van der Waals surface area contributed by atoms with E-state index in [1.807, 2.05) is 18.2 Å². The molecular formula is C15H22N2O3S. The molecule has 21 heavy (non-hydrogen) atoms. The number of hydrogen-bond acceptors (Lipinski definition) is 3. The van der Waals surface area contributed by atoms with Gasteiger partial charge in [0.25, 0.3) is 0 Å². The average molecular weight is 310 g/mol. The summed E-state index contributed by atoms with van der Waals surface area (Å²) in [5.74, 6) is 0.124. The zero-order chi connectivity index (χ0) is 15.3. The van der Waals surface area contributed by atoms with Gasteiger partial charge in [0, 0.05) is 32.6 Å². The van der Waals surface area contributed by atoms with Crippen LogP contribution in [-0.2, 0) is 21.2 Å². The predicted octanol–water partition coefficient (Wildman–Crippen LogP) is 1.11. The van der Waals surface area contributed by atoms with Crippen LogP contribution in [0.5, 0.6) is 0 Å². The van der Waals surface area contributed by atoms with Crippen LogP contribution in [0.1, 0.15) is 18.4 Å². The highest BCUT2D eigenvalue weighted by molar-refractivity contribution is 7.88. The second-order valence-electron chi connectivity index (χ2n) is 5.38. The monoisotopic (exact) mass is 310 g/mol. The Kier molecular flexibility index (Phi) is 5.36. The molecule has 1 fully saturated rings. The third-order valence-corrected chi connectivity index (χ3v) is 5.06. The Morgan fingerprint density at radius 2 is 1.71 bits per heavy atom. The van der Waals surface area contributed by atoms with Crippen molar-refractivity contribution in [2.75, 3.05) is 32.4 Å². The van der Waals surface area contributed by atoms with Gasteiger partial charge in [0.1, 0.15) is 0 Å². The number of piperazine rings is 1. The van der Waals surface area contributed by atoms with Crippen molar-refractivity contribution in [3.05, 3.63) is 35.9 Å². The maximum Gasteiger partial charge on any atom is 0.222 e. The van der Waals surface area contributed by atoms with Crippen molar-refractivity contribution < 1.29 is 13.2 Å². The number of rotatable bonds is 5. The Bertz CT molecular complexity index is 564. The summed E-state index contributed by atoms with van der Waals surface area (Å²) in [5.41, 5.74) is 1.24. The molecule has 0 saturated carbocycles. The number of benzene rings is 1. The summed E-state index contributed by atoms with van der Waals surface area (Å²) >= 11 is 0. The van der Waals surface area contributed by atoms with Crippen molar-refractivity contribution in [1.82, 2.24) is 9.21 Å². The van der Waals surface area contributed by atoms with E-state index in [2.05, 4.69) is 12.1 Å². The van der Waals surface area contributed by atoms with Crippen LogP contribution in [0.2, 0.25) is 0 Å². The minimum Gasteiger partial charge on any atom is -0.340 e. The lowest BCUT2D eigenvalue weighted by molar-refractivity contribution is -0.132. The van der Waals surface area contributed by atoms with Crippen LogP contribution >= 0.6 is 0 Å². The standard InChI is InChI=1S/C15H22N2O3S/c1-21(19,20)17-12-10-16(11-13-17)15(18)9-5-8-14-6-3-2-4-7-14/h2-4,6-7H,5,8-13H2,1H3. The first-order chi connectivity index (χ1) is 9.97. The number of nitrogens with zero attached hydrogens (tertiary/aromatic N) is 2. The number of aryl methyl sites for hydroxylation is 1. The lowest BCUT2D eigenvalue weighted by Crippen LogP contribution is -2.50. The fraction of sp³-hybridized carbons (Fsp3) is 0.533. The Labute approximate surface area is 126 Å². The van der Waals surface area contributed by atoms with E-state index in [0.29, 0.717) is 32.6 Å². The normalized spacial score (nSPS) is 16.9. The van der Waals surface area contributed by atoms with Crippen LogP contribution in [0.4, 0.5) is 0 Å². The van der Waals surface area contributed by atoms with Crippen molar-refractivity contribution >= 4 is 15.9 Å². The summed E-state index contributed by atoms with van der Waals surface area (Å²) in [7, 11) is -3.13. The average Bonchev–Trinajstić information content (AvgIpc) is 2.47. The van der Waals surface area contributed by atoms with Gasteiger partial charge in [0.2, 0.25) is 15.9 Å². The molecule has 1 heterocycles. The van der Waals surface area contributed by atoms with Crippen molar-refractivity contribution in [2.45, 2.75) is 19.3 Å². The van der Waals surface area contributed by atoms with Crippen molar-refractivity contribution in [3.63, 3.8) is 0 Å². The number of hydrogen-bond donors (Lipinski definition) is 0. The summed E-state index contributed by atoms with van der Waals surface area (Å²) in [6.07, 6.45) is 3.46. The van der Waals surface area contributed by atoms with Crippen LogP contribution in [0.25, 0.3) is 0 Å². The van der Waals surface area contributed by atoms with Gasteiger partial charge >= 0.3 is 0 Å². The molecular weight excluding hydrogens is 288 g/mol. The molecule has 0 N–H and O–H groups in total. The van der Waals surface area contributed by atoms with Crippen molar-refractivity contribution in [1.29, 1.82) is 0 Å². The molecule has 1 aliphatic rings. The Hall–Kier alpha value is -1.40. The maximum absolute atomic E-state index is 12.1. The van der Waals surface area contributed by atoms with Gasteiger partial charge in [-0.25, -0.2) is 8.42 Å². The van der Waals surface area contributed by atoms with Gasteiger partial charge in [-0.2, -0.15) is 4.31 Å². The van der Waals surface area contributed by atoms with Gasteiger partial charge in [-0.3, -0.25) is 4.79 Å². The topological polar surface area (TPSA) is 57.7 Å². The van der Waals surface area contributed by atoms with Crippen LogP contribution < -0.4 is 0 Å². The second kappa shape index (κ2) is 7.04. The van der Waals surface area contributed by atoms with E-state index in [1.165, 1.54) is 16.1 Å². The molecule has 0 aliphatic carbocycles. The van der Waals surface area contributed by atoms with E-state index in [-0.39, 0.29) is 5.91 Å². The van der Waals surface area contributed by atoms with Crippen LogP contribution in [0.3, 0.4) is 0 Å². The second-order valence-corrected chi connectivity index (χ2v) is 7.36. The smallest absolute Gasteiger partial charge is 0.222 e.